The normalized spacial score (nSPS) is 19.4. The van der Waals surface area contributed by atoms with Crippen molar-refractivity contribution >= 4 is 28.3 Å². The summed E-state index contributed by atoms with van der Waals surface area (Å²) < 4.78 is 1.95. The molecule has 0 aromatic carbocycles. The van der Waals surface area contributed by atoms with E-state index in [-0.39, 0.29) is 23.7 Å². The van der Waals surface area contributed by atoms with Gasteiger partial charge in [-0.3, -0.25) is 14.2 Å². The molecule has 4 rings (SSSR count). The maximum atomic E-state index is 12.8. The highest BCUT2D eigenvalue weighted by Crippen LogP contribution is 2.29. The molecule has 0 atom stereocenters. The van der Waals surface area contributed by atoms with Crippen LogP contribution in [0.15, 0.2) is 24.5 Å². The molecule has 4 heterocycles. The van der Waals surface area contributed by atoms with Crippen molar-refractivity contribution in [2.75, 3.05) is 31.1 Å². The van der Waals surface area contributed by atoms with Gasteiger partial charge in [0.05, 0.1) is 0 Å². The van der Waals surface area contributed by atoms with Crippen LogP contribution in [0.3, 0.4) is 0 Å². The van der Waals surface area contributed by atoms with Crippen molar-refractivity contribution in [2.24, 2.45) is 17.6 Å². The van der Waals surface area contributed by atoms with Crippen molar-refractivity contribution in [3.63, 3.8) is 0 Å². The smallest absolute Gasteiger partial charge is 0.225 e. The molecule has 0 saturated carbocycles. The minimum absolute atomic E-state index is 0.0585. The molecule has 2 aromatic rings. The van der Waals surface area contributed by atoms with Crippen LogP contribution in [-0.2, 0) is 9.59 Å². The zero-order chi connectivity index (χ0) is 18.8. The first-order valence-corrected chi connectivity index (χ1v) is 10.2. The van der Waals surface area contributed by atoms with Gasteiger partial charge in [0.2, 0.25) is 22.1 Å². The van der Waals surface area contributed by atoms with E-state index in [0.29, 0.717) is 25.9 Å². The Balaban J connectivity index is 1.30. The van der Waals surface area contributed by atoms with Crippen molar-refractivity contribution in [1.82, 2.24) is 19.7 Å². The number of anilines is 1. The number of hydrogen-bond acceptors (Lipinski definition) is 6. The topological polar surface area (TPSA) is 97.3 Å². The van der Waals surface area contributed by atoms with Crippen LogP contribution < -0.4 is 10.6 Å². The first kappa shape index (κ1) is 18.0. The molecule has 9 heteroatoms. The molecule has 0 aliphatic carbocycles. The van der Waals surface area contributed by atoms with E-state index >= 15 is 0 Å². The van der Waals surface area contributed by atoms with Crippen LogP contribution in [0, 0.1) is 11.8 Å². The molecule has 27 heavy (non-hydrogen) atoms. The maximum absolute atomic E-state index is 12.8. The fraction of sp³-hybridized carbons (Fsp3) is 0.556. The Morgan fingerprint density at radius 3 is 2.15 bits per heavy atom. The van der Waals surface area contributed by atoms with Crippen molar-refractivity contribution in [2.45, 2.75) is 25.7 Å². The van der Waals surface area contributed by atoms with E-state index in [0.717, 1.165) is 36.2 Å². The average Bonchev–Trinajstić information content (AvgIpc) is 3.39. The molecular weight excluding hydrogens is 364 g/mol. The molecule has 2 aliphatic heterocycles. The van der Waals surface area contributed by atoms with Gasteiger partial charge >= 0.3 is 0 Å². The van der Waals surface area contributed by atoms with E-state index in [2.05, 4.69) is 15.1 Å². The quantitative estimate of drug-likeness (QED) is 0.851. The minimum atomic E-state index is -0.244. The summed E-state index contributed by atoms with van der Waals surface area (Å²) in [6.07, 6.45) is 6.94. The lowest BCUT2D eigenvalue weighted by atomic mass is 9.92. The molecule has 2 saturated heterocycles. The van der Waals surface area contributed by atoms with Gasteiger partial charge in [-0.25, -0.2) is 0 Å². The fourth-order valence-electron chi connectivity index (χ4n) is 3.86. The Morgan fingerprint density at radius 1 is 0.926 bits per heavy atom. The molecular formula is C18H24N6O2S. The molecule has 2 N–H and O–H groups in total. The van der Waals surface area contributed by atoms with E-state index in [1.54, 1.807) is 11.3 Å². The largest absolute Gasteiger partial charge is 0.369 e. The Hall–Kier alpha value is -2.42. The average molecular weight is 388 g/mol. The van der Waals surface area contributed by atoms with E-state index < -0.39 is 0 Å². The molecule has 2 aromatic heterocycles. The monoisotopic (exact) mass is 388 g/mol. The third-order valence-corrected chi connectivity index (χ3v) is 6.55. The Morgan fingerprint density at radius 2 is 1.52 bits per heavy atom. The van der Waals surface area contributed by atoms with E-state index in [9.17, 15) is 9.59 Å². The lowest BCUT2D eigenvalue weighted by Gasteiger charge is -2.36. The van der Waals surface area contributed by atoms with Gasteiger partial charge in [-0.05, 0) is 37.8 Å². The summed E-state index contributed by atoms with van der Waals surface area (Å²) >= 11 is 1.57. The highest BCUT2D eigenvalue weighted by molar-refractivity contribution is 7.17. The molecule has 0 spiro atoms. The van der Waals surface area contributed by atoms with E-state index in [1.165, 1.54) is 0 Å². The number of aromatic nitrogens is 3. The zero-order valence-corrected chi connectivity index (χ0v) is 16.0. The highest BCUT2D eigenvalue weighted by atomic mass is 32.1. The second-order valence-corrected chi connectivity index (χ2v) is 8.16. The summed E-state index contributed by atoms with van der Waals surface area (Å²) in [7, 11) is 0. The number of rotatable bonds is 4. The number of carbonyl (C=O) groups excluding carboxylic acids is 2. The fourth-order valence-corrected chi connectivity index (χ4v) is 4.73. The molecule has 2 amide bonds. The van der Waals surface area contributed by atoms with Crippen molar-refractivity contribution in [1.29, 1.82) is 0 Å². The molecule has 2 fully saturated rings. The van der Waals surface area contributed by atoms with Crippen molar-refractivity contribution in [3.8, 4) is 5.13 Å². The lowest BCUT2D eigenvalue weighted by molar-refractivity contribution is -0.139. The number of hydrogen-bond donors (Lipinski definition) is 1. The van der Waals surface area contributed by atoms with Gasteiger partial charge in [-0.2, -0.15) is 0 Å². The SMILES string of the molecule is NC(=O)C1CCN(C(=O)C2CCN(c3nnc(-n4cccc4)s3)CC2)CC1. The minimum Gasteiger partial charge on any atom is -0.369 e. The first-order valence-electron chi connectivity index (χ1n) is 9.41. The number of carbonyl (C=O) groups is 2. The summed E-state index contributed by atoms with van der Waals surface area (Å²) in [6.45, 7) is 2.91. The lowest BCUT2D eigenvalue weighted by Crippen LogP contribution is -2.46. The summed E-state index contributed by atoms with van der Waals surface area (Å²) in [6, 6.07) is 3.93. The van der Waals surface area contributed by atoms with Crippen molar-refractivity contribution in [3.05, 3.63) is 24.5 Å². The van der Waals surface area contributed by atoms with Crippen LogP contribution in [0.1, 0.15) is 25.7 Å². The van der Waals surface area contributed by atoms with Gasteiger partial charge in [0, 0.05) is 50.4 Å². The van der Waals surface area contributed by atoms with Crippen LogP contribution in [0.2, 0.25) is 0 Å². The first-order chi connectivity index (χ1) is 13.1. The molecule has 0 radical (unpaired) electrons. The van der Waals surface area contributed by atoms with Gasteiger partial charge in [-0.15, -0.1) is 10.2 Å². The third kappa shape index (κ3) is 3.83. The Labute approximate surface area is 162 Å². The standard InChI is InChI=1S/C18H24N6O2S/c19-15(25)13-3-9-22(10-4-13)16(26)14-5-11-24(12-6-14)18-21-20-17(27-18)23-7-1-2-8-23/h1-2,7-8,13-14H,3-6,9-12H2,(H2,19,25). The van der Waals surface area contributed by atoms with Gasteiger partial charge < -0.3 is 15.5 Å². The van der Waals surface area contributed by atoms with Gasteiger partial charge in [0.25, 0.3) is 0 Å². The van der Waals surface area contributed by atoms with Crippen LogP contribution in [-0.4, -0.2) is 57.7 Å². The summed E-state index contributed by atoms with van der Waals surface area (Å²) in [5.41, 5.74) is 5.38. The molecule has 2 aliphatic rings. The molecule has 0 bridgehead atoms. The van der Waals surface area contributed by atoms with E-state index in [4.69, 9.17) is 5.73 Å². The molecule has 0 unspecified atom stereocenters. The summed E-state index contributed by atoms with van der Waals surface area (Å²) in [5, 5.41) is 10.3. The predicted octanol–water partition coefficient (Wildman–Crippen LogP) is 1.27. The molecule has 8 nitrogen and oxygen atoms in total. The van der Waals surface area contributed by atoms with Gasteiger partial charge in [-0.1, -0.05) is 11.3 Å². The van der Waals surface area contributed by atoms with Crippen LogP contribution >= 0.6 is 11.3 Å². The Bertz CT molecular complexity index is 789. The second kappa shape index (κ2) is 7.67. The summed E-state index contributed by atoms with van der Waals surface area (Å²) in [5.74, 6) is -0.0411. The summed E-state index contributed by atoms with van der Waals surface area (Å²) in [4.78, 5) is 28.2. The van der Waals surface area contributed by atoms with Crippen molar-refractivity contribution < 1.29 is 9.59 Å². The third-order valence-electron chi connectivity index (χ3n) is 5.55. The van der Waals surface area contributed by atoms with Gasteiger partial charge in [0.1, 0.15) is 0 Å². The van der Waals surface area contributed by atoms with Crippen LogP contribution in [0.4, 0.5) is 5.13 Å². The number of likely N-dealkylation sites (tertiary alicyclic amines) is 1. The number of nitrogens with zero attached hydrogens (tertiary/aromatic N) is 5. The zero-order valence-electron chi connectivity index (χ0n) is 15.2. The number of nitrogens with two attached hydrogens (primary N) is 1. The molecule has 144 valence electrons. The number of amides is 2. The Kier molecular flexibility index (Phi) is 5.11. The number of primary amides is 1. The predicted molar refractivity (Wildman–Crippen MR) is 103 cm³/mol. The van der Waals surface area contributed by atoms with Gasteiger partial charge in [0.15, 0.2) is 0 Å². The van der Waals surface area contributed by atoms with E-state index in [1.807, 2.05) is 34.0 Å². The number of piperidine rings is 2. The maximum Gasteiger partial charge on any atom is 0.225 e. The van der Waals surface area contributed by atoms with Crippen LogP contribution in [0.25, 0.3) is 5.13 Å². The second-order valence-electron chi connectivity index (χ2n) is 7.22. The van der Waals surface area contributed by atoms with Crippen LogP contribution in [0.5, 0.6) is 0 Å². The highest BCUT2D eigenvalue weighted by Gasteiger charge is 2.32.